The van der Waals surface area contributed by atoms with Gasteiger partial charge in [-0.3, -0.25) is 9.69 Å². The van der Waals surface area contributed by atoms with Crippen LogP contribution in [0, 0.1) is 5.82 Å². The zero-order chi connectivity index (χ0) is 29.3. The molecule has 0 bridgehead atoms. The maximum atomic E-state index is 14.6. The molecule has 1 N–H and O–H groups in total. The number of carbonyl (C=O) groups excluding carboxylic acids is 2. The van der Waals surface area contributed by atoms with Gasteiger partial charge in [-0.2, -0.15) is 4.39 Å². The van der Waals surface area contributed by atoms with Crippen molar-refractivity contribution in [2.24, 2.45) is 0 Å². The van der Waals surface area contributed by atoms with Gasteiger partial charge in [-0.05, 0) is 77.3 Å². The highest BCUT2D eigenvalue weighted by Gasteiger charge is 2.32. The first-order chi connectivity index (χ1) is 19.1. The molecule has 1 aliphatic heterocycles. The Morgan fingerprint density at radius 2 is 1.55 bits per heavy atom. The molecule has 0 unspecified atom stereocenters. The van der Waals surface area contributed by atoms with Crippen molar-refractivity contribution in [3.63, 3.8) is 0 Å². The summed E-state index contributed by atoms with van der Waals surface area (Å²) in [5, 5.41) is 3.11. The maximum absolute atomic E-state index is 14.6. The summed E-state index contributed by atoms with van der Waals surface area (Å²) in [6.07, 6.45) is 1.51. The molecular weight excluding hydrogens is 519 g/mol. The number of hydrogen-bond donors (Lipinski definition) is 1. The van der Waals surface area contributed by atoms with Crippen molar-refractivity contribution in [3.8, 4) is 23.0 Å². The Labute approximate surface area is 235 Å². The highest BCUT2D eigenvalue weighted by Crippen LogP contribution is 2.31. The normalized spacial score (nSPS) is 14.4. The first-order valence-electron chi connectivity index (χ1n) is 13.8. The molecule has 0 atom stereocenters. The van der Waals surface area contributed by atoms with E-state index in [4.69, 9.17) is 23.7 Å². The van der Waals surface area contributed by atoms with Crippen molar-refractivity contribution in [2.75, 3.05) is 40.0 Å². The van der Waals surface area contributed by atoms with Crippen molar-refractivity contribution in [2.45, 2.75) is 65.6 Å². The minimum atomic E-state index is -1.24. The van der Waals surface area contributed by atoms with Crippen molar-refractivity contribution in [1.29, 1.82) is 0 Å². The number of ether oxygens (including phenoxy) is 5. The van der Waals surface area contributed by atoms with Crippen LogP contribution in [-0.4, -0.2) is 68.4 Å². The van der Waals surface area contributed by atoms with E-state index in [-0.39, 0.29) is 30.1 Å². The standard InChI is InChI=1S/C30H41FN2O7/c1-7-37-25-14-20(15-26(27(25)31)38-8-2)19-33-12-10-22(11-13-33)32-28(34)21-16-23(36-6)18-24(17-21)40-30(4,5)29(35)39-9-3/h14-18,22H,7-13,19H2,1-6H3,(H,32,34). The van der Waals surface area contributed by atoms with Gasteiger partial charge in [0, 0.05) is 37.3 Å². The number of halogens is 1. The second-order valence-electron chi connectivity index (χ2n) is 10.0. The summed E-state index contributed by atoms with van der Waals surface area (Å²) in [7, 11) is 1.50. The van der Waals surface area contributed by atoms with Gasteiger partial charge in [-0.25, -0.2) is 4.79 Å². The van der Waals surface area contributed by atoms with Crippen LogP contribution in [0.4, 0.5) is 4.39 Å². The van der Waals surface area contributed by atoms with E-state index in [0.717, 1.165) is 31.5 Å². The number of piperidine rings is 1. The number of methoxy groups -OCH3 is 1. The number of benzene rings is 2. The van der Waals surface area contributed by atoms with Gasteiger partial charge < -0.3 is 29.0 Å². The lowest BCUT2D eigenvalue weighted by atomic mass is 10.0. The van der Waals surface area contributed by atoms with E-state index in [0.29, 0.717) is 36.8 Å². The Bertz CT molecular complexity index is 1140. The monoisotopic (exact) mass is 560 g/mol. The average Bonchev–Trinajstić information content (AvgIpc) is 2.92. The molecule has 1 saturated heterocycles. The second kappa shape index (κ2) is 14.2. The number of hydrogen-bond acceptors (Lipinski definition) is 8. The van der Waals surface area contributed by atoms with Gasteiger partial charge in [0.2, 0.25) is 5.82 Å². The maximum Gasteiger partial charge on any atom is 0.349 e. The molecule has 2 aromatic carbocycles. The summed E-state index contributed by atoms with van der Waals surface area (Å²) in [4.78, 5) is 27.7. The smallest absolute Gasteiger partial charge is 0.349 e. The van der Waals surface area contributed by atoms with Crippen LogP contribution < -0.4 is 24.3 Å². The lowest BCUT2D eigenvalue weighted by molar-refractivity contribution is -0.158. The molecule has 1 heterocycles. The van der Waals surface area contributed by atoms with E-state index >= 15 is 0 Å². The predicted octanol–water partition coefficient (Wildman–Crippen LogP) is 4.75. The Morgan fingerprint density at radius 3 is 2.10 bits per heavy atom. The summed E-state index contributed by atoms with van der Waals surface area (Å²) >= 11 is 0. The van der Waals surface area contributed by atoms with Crippen LogP contribution in [-0.2, 0) is 16.1 Å². The number of rotatable bonds is 13. The Kier molecular flexibility index (Phi) is 11.0. The number of likely N-dealkylation sites (tertiary alicyclic amines) is 1. The first kappa shape index (κ1) is 31.0. The third-order valence-electron chi connectivity index (χ3n) is 6.51. The van der Waals surface area contributed by atoms with Gasteiger partial charge in [-0.1, -0.05) is 0 Å². The molecule has 2 aromatic rings. The van der Waals surface area contributed by atoms with Gasteiger partial charge in [0.15, 0.2) is 17.1 Å². The lowest BCUT2D eigenvalue weighted by Gasteiger charge is -2.32. The van der Waals surface area contributed by atoms with Crippen LogP contribution in [0.25, 0.3) is 0 Å². The van der Waals surface area contributed by atoms with Crippen molar-refractivity contribution in [1.82, 2.24) is 10.2 Å². The summed E-state index contributed by atoms with van der Waals surface area (Å²) in [6, 6.07) is 8.28. The predicted molar refractivity (Wildman–Crippen MR) is 149 cm³/mol. The van der Waals surface area contributed by atoms with E-state index in [1.54, 1.807) is 51.1 Å². The molecule has 1 aliphatic rings. The molecule has 3 rings (SSSR count). The molecular formula is C30H41FN2O7. The van der Waals surface area contributed by atoms with E-state index in [1.165, 1.54) is 7.11 Å². The van der Waals surface area contributed by atoms with Gasteiger partial charge in [0.25, 0.3) is 5.91 Å². The zero-order valence-electron chi connectivity index (χ0n) is 24.3. The highest BCUT2D eigenvalue weighted by molar-refractivity contribution is 5.95. The Morgan fingerprint density at radius 1 is 0.950 bits per heavy atom. The number of amides is 1. The molecule has 40 heavy (non-hydrogen) atoms. The van der Waals surface area contributed by atoms with Crippen LogP contribution in [0.2, 0.25) is 0 Å². The summed E-state index contributed by atoms with van der Waals surface area (Å²) in [5.74, 6) is -0.0826. The Hall–Kier alpha value is -3.53. The summed E-state index contributed by atoms with van der Waals surface area (Å²) < 4.78 is 41.9. The molecule has 10 heteroatoms. The topological polar surface area (TPSA) is 95.6 Å². The SMILES string of the molecule is CCOC(=O)C(C)(C)Oc1cc(OC)cc(C(=O)NC2CCN(Cc3cc(OCC)c(F)c(OCC)c3)CC2)c1. The van der Waals surface area contributed by atoms with Gasteiger partial charge in [0.1, 0.15) is 11.5 Å². The molecule has 9 nitrogen and oxygen atoms in total. The molecule has 0 aliphatic carbocycles. The van der Waals surface area contributed by atoms with Gasteiger partial charge >= 0.3 is 5.97 Å². The fourth-order valence-electron chi connectivity index (χ4n) is 4.52. The average molecular weight is 561 g/mol. The number of nitrogens with one attached hydrogen (secondary N) is 1. The highest BCUT2D eigenvalue weighted by atomic mass is 19.1. The number of esters is 1. The number of nitrogens with zero attached hydrogens (tertiary/aromatic N) is 1. The van der Waals surface area contributed by atoms with Crippen LogP contribution >= 0.6 is 0 Å². The number of carbonyl (C=O) groups is 2. The largest absolute Gasteiger partial charge is 0.497 e. The minimum Gasteiger partial charge on any atom is -0.497 e. The molecule has 1 fully saturated rings. The lowest BCUT2D eigenvalue weighted by Crippen LogP contribution is -2.44. The van der Waals surface area contributed by atoms with E-state index in [9.17, 15) is 14.0 Å². The van der Waals surface area contributed by atoms with Crippen LogP contribution in [0.3, 0.4) is 0 Å². The van der Waals surface area contributed by atoms with E-state index < -0.39 is 17.4 Å². The summed E-state index contributed by atoms with van der Waals surface area (Å²) in [5.41, 5.74) is 0.0421. The van der Waals surface area contributed by atoms with Crippen molar-refractivity contribution >= 4 is 11.9 Å². The molecule has 0 spiro atoms. The van der Waals surface area contributed by atoms with Crippen LogP contribution in [0.1, 0.15) is 63.4 Å². The molecule has 220 valence electrons. The minimum absolute atomic E-state index is 0.0125. The molecule has 0 radical (unpaired) electrons. The Balaban J connectivity index is 1.62. The van der Waals surface area contributed by atoms with Gasteiger partial charge in [-0.15, -0.1) is 0 Å². The van der Waals surface area contributed by atoms with E-state index in [1.807, 2.05) is 13.8 Å². The van der Waals surface area contributed by atoms with Crippen LogP contribution in [0.5, 0.6) is 23.0 Å². The fraction of sp³-hybridized carbons (Fsp3) is 0.533. The zero-order valence-corrected chi connectivity index (χ0v) is 24.3. The molecule has 0 aromatic heterocycles. The molecule has 0 saturated carbocycles. The summed E-state index contributed by atoms with van der Waals surface area (Å²) in [6.45, 7) is 11.7. The van der Waals surface area contributed by atoms with Crippen LogP contribution in [0.15, 0.2) is 30.3 Å². The van der Waals surface area contributed by atoms with E-state index in [2.05, 4.69) is 10.2 Å². The first-order valence-corrected chi connectivity index (χ1v) is 13.8. The van der Waals surface area contributed by atoms with Crippen molar-refractivity contribution in [3.05, 3.63) is 47.3 Å². The second-order valence-corrected chi connectivity index (χ2v) is 10.0. The third kappa shape index (κ3) is 8.24. The third-order valence-corrected chi connectivity index (χ3v) is 6.51. The van der Waals surface area contributed by atoms with Crippen molar-refractivity contribution < 1.29 is 37.7 Å². The quantitative estimate of drug-likeness (QED) is 0.351. The fourth-order valence-corrected chi connectivity index (χ4v) is 4.52. The molecule has 1 amide bonds. The van der Waals surface area contributed by atoms with Gasteiger partial charge in [0.05, 0.1) is 26.9 Å².